The molecular weight excluding hydrogens is 566 g/mol. The fraction of sp³-hybridized carbons (Fsp3) is 0.100. The van der Waals surface area contributed by atoms with Gasteiger partial charge in [0.15, 0.2) is 5.78 Å². The molecule has 0 bridgehead atoms. The number of rotatable bonds is 8. The summed E-state index contributed by atoms with van der Waals surface area (Å²) in [5.74, 6) is -8.09. The van der Waals surface area contributed by atoms with Crippen molar-refractivity contribution in [3.63, 3.8) is 0 Å². The maximum absolute atomic E-state index is 15.7. The van der Waals surface area contributed by atoms with Gasteiger partial charge in [-0.2, -0.15) is 22.0 Å². The fourth-order valence-electron chi connectivity index (χ4n) is 4.39. The van der Waals surface area contributed by atoms with Gasteiger partial charge in [0, 0.05) is 5.57 Å². The van der Waals surface area contributed by atoms with E-state index in [4.69, 9.17) is 4.74 Å². The zero-order valence-corrected chi connectivity index (χ0v) is 22.7. The lowest BCUT2D eigenvalue weighted by Gasteiger charge is -2.34. The Morgan fingerprint density at radius 2 is 1.18 bits per heavy atom. The lowest BCUT2D eigenvalue weighted by Crippen LogP contribution is -2.45. The number of hydrogen-bond donors (Lipinski definition) is 0. The molecule has 0 radical (unpaired) electrons. The van der Waals surface area contributed by atoms with E-state index in [2.05, 4.69) is 0 Å². The fourth-order valence-corrected chi connectivity index (χ4v) is 9.49. The predicted molar refractivity (Wildman–Crippen MR) is 150 cm³/mol. The summed E-state index contributed by atoms with van der Waals surface area (Å²) in [6, 6.07) is 26.8. The van der Waals surface area contributed by atoms with Crippen LogP contribution in [0.25, 0.3) is 0 Å². The maximum atomic E-state index is 15.7. The molecule has 3 nitrogen and oxygen atoms in total. The quantitative estimate of drug-likeness (QED) is 0.0788. The van der Waals surface area contributed by atoms with Gasteiger partial charge in [0.05, 0.1) is 17.3 Å². The van der Waals surface area contributed by atoms with Crippen LogP contribution in [0.15, 0.2) is 120 Å². The highest BCUT2D eigenvalue weighted by Crippen LogP contribution is 2.52. The first-order valence-corrected chi connectivity index (χ1v) is 14.5. The normalized spacial score (nSPS) is 12.6. The molecule has 0 N–H and O–H groups in total. The Hall–Kier alpha value is -3.81. The van der Waals surface area contributed by atoms with Gasteiger partial charge in [0.25, 0.3) is 0 Å². The van der Waals surface area contributed by atoms with Crippen molar-refractivity contribution in [1.29, 1.82) is 0 Å². The molecule has 1 heterocycles. The minimum Gasteiger partial charge on any atom is -0.465 e. The van der Waals surface area contributed by atoms with Crippen molar-refractivity contribution in [2.24, 2.45) is 0 Å². The minimum absolute atomic E-state index is 0.0669. The van der Waals surface area contributed by atoms with Crippen LogP contribution in [0.3, 0.4) is 0 Å². The molecule has 4 aromatic rings. The number of thiophene rings is 1. The number of esters is 1. The number of ketones is 1. The Labute approximate surface area is 231 Å². The highest BCUT2D eigenvalue weighted by Gasteiger charge is 2.62. The molecule has 0 fully saturated rings. The Morgan fingerprint density at radius 1 is 0.725 bits per heavy atom. The zero-order chi connectivity index (χ0) is 29.0. The van der Waals surface area contributed by atoms with E-state index in [0.29, 0.717) is 15.9 Å². The molecular formula is C30H22F5O3PS. The molecule has 0 amide bonds. The van der Waals surface area contributed by atoms with Crippen molar-refractivity contribution in [3.05, 3.63) is 125 Å². The first kappa shape index (κ1) is 29.2. The molecule has 0 spiro atoms. The Bertz CT molecular complexity index is 1460. The van der Waals surface area contributed by atoms with Crippen LogP contribution in [0.2, 0.25) is 0 Å². The van der Waals surface area contributed by atoms with Gasteiger partial charge in [-0.1, -0.05) is 97.1 Å². The number of halogens is 5. The van der Waals surface area contributed by atoms with Crippen molar-refractivity contribution in [2.45, 2.75) is 12.1 Å². The molecule has 0 unspecified atom stereocenters. The van der Waals surface area contributed by atoms with Crippen molar-refractivity contribution >= 4 is 51.2 Å². The van der Waals surface area contributed by atoms with Gasteiger partial charge in [-0.05, 0) is 40.3 Å². The van der Waals surface area contributed by atoms with Crippen LogP contribution in [0, 0.1) is 0 Å². The third kappa shape index (κ3) is 5.31. The monoisotopic (exact) mass is 588 g/mol. The Kier molecular flexibility index (Phi) is 8.57. The lowest BCUT2D eigenvalue weighted by molar-refractivity contribution is -0.261. The predicted octanol–water partition coefficient (Wildman–Crippen LogP) is 6.39. The molecule has 40 heavy (non-hydrogen) atoms. The summed E-state index contributed by atoms with van der Waals surface area (Å²) in [5, 5.41) is 1.52. The van der Waals surface area contributed by atoms with E-state index in [1.54, 1.807) is 91.0 Å². The maximum Gasteiger partial charge on any atom is 0.458 e. The number of ether oxygens (including phenoxy) is 1. The van der Waals surface area contributed by atoms with Crippen molar-refractivity contribution < 1.29 is 36.3 Å². The molecule has 0 aliphatic rings. The van der Waals surface area contributed by atoms with Crippen molar-refractivity contribution in [3.8, 4) is 0 Å². The minimum atomic E-state index is -6.13. The zero-order valence-electron chi connectivity index (χ0n) is 20.9. The van der Waals surface area contributed by atoms with Crippen molar-refractivity contribution in [2.75, 3.05) is 7.11 Å². The molecule has 4 rings (SSSR count). The summed E-state index contributed by atoms with van der Waals surface area (Å²) in [5.41, 5.74) is -1.75. The molecule has 0 saturated heterocycles. The summed E-state index contributed by atoms with van der Waals surface area (Å²) in [7, 11) is 0.905. The second-order valence-electron chi connectivity index (χ2n) is 8.49. The van der Waals surface area contributed by atoms with Crippen LogP contribution in [-0.4, -0.2) is 36.3 Å². The Balaban J connectivity index is 2.35. The number of methoxy groups -OCH3 is 1. The van der Waals surface area contributed by atoms with E-state index in [1.165, 1.54) is 17.5 Å². The van der Waals surface area contributed by atoms with Gasteiger partial charge in [-0.3, -0.25) is 4.79 Å². The number of benzene rings is 3. The molecule has 0 saturated carbocycles. The highest BCUT2D eigenvalue weighted by molar-refractivity contribution is 7.96. The first-order chi connectivity index (χ1) is 19.0. The smallest absolute Gasteiger partial charge is 0.458 e. The number of hydrogen-bond acceptors (Lipinski definition) is 4. The molecule has 206 valence electrons. The Morgan fingerprint density at radius 3 is 1.52 bits per heavy atom. The van der Waals surface area contributed by atoms with Crippen LogP contribution in [0.4, 0.5) is 22.0 Å². The number of allylic oxidation sites excluding steroid dienone is 1. The average molecular weight is 589 g/mol. The van der Waals surface area contributed by atoms with Crippen LogP contribution in [0.1, 0.15) is 9.67 Å². The van der Waals surface area contributed by atoms with E-state index >= 15 is 8.78 Å². The van der Waals surface area contributed by atoms with E-state index in [1.807, 2.05) is 0 Å². The van der Waals surface area contributed by atoms with Gasteiger partial charge in [0.1, 0.15) is 0 Å². The van der Waals surface area contributed by atoms with Gasteiger partial charge in [-0.15, -0.1) is 11.3 Å². The standard InChI is InChI=1S/C30H22F5O3PS/c1-38-28(37)27(24(29(31,32)30(33,34)35)20-25(36)26-18-11-19-40-26)39(21-12-5-2-6-13-21,22-14-7-3-8-15-22)23-16-9-4-10-17-23/h2-20H,1H3/b24-20-. The summed E-state index contributed by atoms with van der Waals surface area (Å²) in [4.78, 5) is 26.7. The van der Waals surface area contributed by atoms with Crippen molar-refractivity contribution in [1.82, 2.24) is 0 Å². The average Bonchev–Trinajstić information content (AvgIpc) is 3.51. The molecule has 0 aliphatic carbocycles. The topological polar surface area (TPSA) is 43.4 Å². The van der Waals surface area contributed by atoms with E-state index in [9.17, 15) is 22.8 Å². The molecule has 0 atom stereocenters. The summed E-state index contributed by atoms with van der Waals surface area (Å²) in [6.45, 7) is -3.85. The van der Waals surface area contributed by atoms with E-state index in [0.717, 1.165) is 18.4 Å². The third-order valence-corrected chi connectivity index (χ3v) is 11.3. The largest absolute Gasteiger partial charge is 0.465 e. The summed E-state index contributed by atoms with van der Waals surface area (Å²) >= 11 is 0.877. The number of carbonyl (C=O) groups is 2. The molecule has 1 aromatic heterocycles. The molecule has 3 aromatic carbocycles. The molecule has 0 aliphatic heterocycles. The van der Waals surface area contributed by atoms with Gasteiger partial charge < -0.3 is 4.74 Å². The lowest BCUT2D eigenvalue weighted by atomic mass is 10.0. The van der Waals surface area contributed by atoms with Crippen LogP contribution in [0.5, 0.6) is 0 Å². The van der Waals surface area contributed by atoms with Crippen LogP contribution < -0.4 is 15.9 Å². The van der Waals surface area contributed by atoms with Crippen LogP contribution >= 0.6 is 18.2 Å². The second-order valence-corrected chi connectivity index (χ2v) is 12.8. The van der Waals surface area contributed by atoms with Gasteiger partial charge >= 0.3 is 18.1 Å². The summed E-state index contributed by atoms with van der Waals surface area (Å²) < 4.78 is 78.7. The number of alkyl halides is 5. The van der Waals surface area contributed by atoms with Gasteiger partial charge in [-0.25, -0.2) is 4.79 Å². The van der Waals surface area contributed by atoms with E-state index in [-0.39, 0.29) is 11.0 Å². The highest BCUT2D eigenvalue weighted by atomic mass is 32.1. The van der Waals surface area contributed by atoms with Crippen LogP contribution in [-0.2, 0) is 9.53 Å². The first-order valence-electron chi connectivity index (χ1n) is 11.8. The molecule has 10 heteroatoms. The third-order valence-electron chi connectivity index (χ3n) is 6.13. The van der Waals surface area contributed by atoms with E-state index < -0.39 is 41.6 Å². The summed E-state index contributed by atoms with van der Waals surface area (Å²) in [6.07, 6.45) is -5.90. The SMILES string of the molecule is COC(=O)C(/C(=C/C(=O)c1cccs1)C(F)(F)C(F)(F)F)=P(c1ccccc1)(c1ccccc1)c1ccccc1. The number of carbonyl (C=O) groups excluding carboxylic acids is 2. The second kappa shape index (κ2) is 11.7. The van der Waals surface area contributed by atoms with Gasteiger partial charge in [0.2, 0.25) is 0 Å².